The van der Waals surface area contributed by atoms with Gasteiger partial charge in [0.1, 0.15) is 0 Å². The average Bonchev–Trinajstić information content (AvgIpc) is 2.59. The van der Waals surface area contributed by atoms with Crippen LogP contribution in [-0.2, 0) is 7.05 Å². The molecular weight excluding hydrogens is 226 g/mol. The second-order valence-electron chi connectivity index (χ2n) is 3.11. The van der Waals surface area contributed by atoms with Gasteiger partial charge < -0.3 is 0 Å². The number of nitrogens with zero attached hydrogens (tertiary/aromatic N) is 2. The zero-order chi connectivity index (χ0) is 10.8. The minimum atomic E-state index is 0.570. The SMILES string of the molecule is CSc1ccccc1-c1nc(=S)n(C)[nH]1. The first-order valence-electron chi connectivity index (χ1n) is 4.49. The Balaban J connectivity index is 2.58. The van der Waals surface area contributed by atoms with Crippen LogP contribution in [0, 0.1) is 4.77 Å². The molecule has 15 heavy (non-hydrogen) atoms. The third-order valence-electron chi connectivity index (χ3n) is 2.13. The van der Waals surface area contributed by atoms with Crippen molar-refractivity contribution >= 4 is 24.0 Å². The number of thioether (sulfide) groups is 1. The van der Waals surface area contributed by atoms with Crippen LogP contribution in [0.1, 0.15) is 0 Å². The van der Waals surface area contributed by atoms with Crippen molar-refractivity contribution < 1.29 is 0 Å². The third-order valence-corrected chi connectivity index (χ3v) is 3.29. The molecule has 0 bridgehead atoms. The summed E-state index contributed by atoms with van der Waals surface area (Å²) in [5.74, 6) is 0.826. The highest BCUT2D eigenvalue weighted by atomic mass is 32.2. The monoisotopic (exact) mass is 237 g/mol. The molecule has 0 fully saturated rings. The molecule has 0 aliphatic carbocycles. The number of hydrogen-bond donors (Lipinski definition) is 1. The third kappa shape index (κ3) is 1.98. The van der Waals surface area contributed by atoms with Crippen LogP contribution in [-0.4, -0.2) is 21.0 Å². The summed E-state index contributed by atoms with van der Waals surface area (Å²) in [7, 11) is 1.86. The standard InChI is InChI=1S/C10H11N3S2/c1-13-10(14)11-9(12-13)7-5-3-4-6-8(7)15-2/h3-6H,1-2H3,(H,11,12,14). The predicted octanol–water partition coefficient (Wildman–Crippen LogP) is 2.87. The molecule has 0 spiro atoms. The van der Waals surface area contributed by atoms with E-state index in [4.69, 9.17) is 12.2 Å². The van der Waals surface area contributed by atoms with Crippen LogP contribution < -0.4 is 0 Å². The van der Waals surface area contributed by atoms with Gasteiger partial charge in [0.2, 0.25) is 4.77 Å². The van der Waals surface area contributed by atoms with Crippen LogP contribution in [0.25, 0.3) is 11.4 Å². The fourth-order valence-corrected chi connectivity index (χ4v) is 2.10. The van der Waals surface area contributed by atoms with Crippen LogP contribution in [0.5, 0.6) is 0 Å². The molecule has 0 saturated carbocycles. The van der Waals surface area contributed by atoms with Crippen molar-refractivity contribution in [2.45, 2.75) is 4.90 Å². The van der Waals surface area contributed by atoms with E-state index in [9.17, 15) is 0 Å². The van der Waals surface area contributed by atoms with Crippen molar-refractivity contribution in [3.8, 4) is 11.4 Å². The van der Waals surface area contributed by atoms with Gasteiger partial charge in [0.15, 0.2) is 5.82 Å². The molecule has 78 valence electrons. The smallest absolute Gasteiger partial charge is 0.216 e. The largest absolute Gasteiger partial charge is 0.279 e. The molecule has 0 atom stereocenters. The number of H-pyrrole nitrogens is 1. The molecule has 1 N–H and O–H groups in total. The summed E-state index contributed by atoms with van der Waals surface area (Å²) in [6, 6.07) is 8.14. The Morgan fingerprint density at radius 3 is 2.73 bits per heavy atom. The fraction of sp³-hybridized carbons (Fsp3) is 0.200. The van der Waals surface area contributed by atoms with E-state index >= 15 is 0 Å². The first-order chi connectivity index (χ1) is 7.22. The van der Waals surface area contributed by atoms with E-state index in [1.165, 1.54) is 4.90 Å². The van der Waals surface area contributed by atoms with Gasteiger partial charge in [-0.15, -0.1) is 11.8 Å². The molecule has 3 nitrogen and oxygen atoms in total. The summed E-state index contributed by atoms with van der Waals surface area (Å²) in [4.78, 5) is 5.49. The number of hydrogen-bond acceptors (Lipinski definition) is 3. The molecule has 0 unspecified atom stereocenters. The fourth-order valence-electron chi connectivity index (χ4n) is 1.36. The van der Waals surface area contributed by atoms with Crippen LogP contribution in [0.4, 0.5) is 0 Å². The molecule has 1 heterocycles. The van der Waals surface area contributed by atoms with E-state index in [2.05, 4.69) is 22.4 Å². The summed E-state index contributed by atoms with van der Waals surface area (Å²) in [6.07, 6.45) is 2.05. The maximum absolute atomic E-state index is 5.07. The number of rotatable bonds is 2. The Kier molecular flexibility index (Phi) is 2.93. The van der Waals surface area contributed by atoms with Gasteiger partial charge in [-0.3, -0.25) is 9.78 Å². The summed E-state index contributed by atoms with van der Waals surface area (Å²) >= 11 is 6.77. The number of aromatic amines is 1. The average molecular weight is 237 g/mol. The molecule has 0 amide bonds. The van der Waals surface area contributed by atoms with Gasteiger partial charge in [-0.05, 0) is 24.5 Å². The van der Waals surface area contributed by atoms with Gasteiger partial charge in [0.25, 0.3) is 0 Å². The highest BCUT2D eigenvalue weighted by molar-refractivity contribution is 7.98. The summed E-state index contributed by atoms with van der Waals surface area (Å²) in [5.41, 5.74) is 1.09. The molecular formula is C10H11N3S2. The predicted molar refractivity (Wildman–Crippen MR) is 65.6 cm³/mol. The first-order valence-corrected chi connectivity index (χ1v) is 6.12. The van der Waals surface area contributed by atoms with Gasteiger partial charge in [-0.1, -0.05) is 18.2 Å². The second-order valence-corrected chi connectivity index (χ2v) is 4.33. The van der Waals surface area contributed by atoms with Crippen molar-refractivity contribution in [1.82, 2.24) is 14.8 Å². The summed E-state index contributed by atoms with van der Waals surface area (Å²) in [6.45, 7) is 0. The molecule has 0 radical (unpaired) electrons. The van der Waals surface area contributed by atoms with Crippen molar-refractivity contribution in [2.24, 2.45) is 7.05 Å². The summed E-state index contributed by atoms with van der Waals surface area (Å²) < 4.78 is 2.31. The Morgan fingerprint density at radius 2 is 2.13 bits per heavy atom. The number of aromatic nitrogens is 3. The van der Waals surface area contributed by atoms with Gasteiger partial charge in [-0.2, -0.15) is 4.98 Å². The van der Waals surface area contributed by atoms with E-state index in [0.29, 0.717) is 4.77 Å². The zero-order valence-electron chi connectivity index (χ0n) is 8.52. The number of benzene rings is 1. The van der Waals surface area contributed by atoms with E-state index in [1.807, 2.05) is 25.2 Å². The maximum Gasteiger partial charge on any atom is 0.216 e. The van der Waals surface area contributed by atoms with E-state index in [0.717, 1.165) is 11.4 Å². The highest BCUT2D eigenvalue weighted by Gasteiger charge is 2.07. The lowest BCUT2D eigenvalue weighted by Gasteiger charge is -2.02. The Labute approximate surface area is 97.5 Å². The highest BCUT2D eigenvalue weighted by Crippen LogP contribution is 2.27. The van der Waals surface area contributed by atoms with E-state index in [-0.39, 0.29) is 0 Å². The molecule has 2 rings (SSSR count). The molecule has 1 aromatic carbocycles. The minimum Gasteiger partial charge on any atom is -0.279 e. The normalized spacial score (nSPS) is 10.5. The zero-order valence-corrected chi connectivity index (χ0v) is 10.2. The number of aryl methyl sites for hydroxylation is 1. The second kappa shape index (κ2) is 4.20. The Hall–Kier alpha value is -1.07. The maximum atomic E-state index is 5.07. The van der Waals surface area contributed by atoms with Crippen LogP contribution in [0.15, 0.2) is 29.2 Å². The molecule has 1 aromatic heterocycles. The van der Waals surface area contributed by atoms with E-state index in [1.54, 1.807) is 16.4 Å². The van der Waals surface area contributed by atoms with Gasteiger partial charge in [0, 0.05) is 17.5 Å². The lowest BCUT2D eigenvalue weighted by Crippen LogP contribution is -1.90. The topological polar surface area (TPSA) is 33.6 Å². The van der Waals surface area contributed by atoms with E-state index < -0.39 is 0 Å². The van der Waals surface area contributed by atoms with Gasteiger partial charge >= 0.3 is 0 Å². The summed E-state index contributed by atoms with van der Waals surface area (Å²) in [5, 5.41) is 3.12. The molecule has 0 aliphatic rings. The molecule has 0 saturated heterocycles. The molecule has 5 heteroatoms. The Bertz CT molecular complexity index is 527. The van der Waals surface area contributed by atoms with Crippen LogP contribution >= 0.6 is 24.0 Å². The lowest BCUT2D eigenvalue weighted by molar-refractivity contribution is 0.756. The van der Waals surface area contributed by atoms with Gasteiger partial charge in [0.05, 0.1) is 0 Å². The lowest BCUT2D eigenvalue weighted by atomic mass is 10.2. The Morgan fingerprint density at radius 1 is 1.40 bits per heavy atom. The minimum absolute atomic E-state index is 0.570. The van der Waals surface area contributed by atoms with Crippen molar-refractivity contribution in [1.29, 1.82) is 0 Å². The quantitative estimate of drug-likeness (QED) is 0.644. The van der Waals surface area contributed by atoms with Gasteiger partial charge in [-0.25, -0.2) is 0 Å². The van der Waals surface area contributed by atoms with Crippen LogP contribution in [0.2, 0.25) is 0 Å². The van der Waals surface area contributed by atoms with Crippen molar-refractivity contribution in [3.05, 3.63) is 29.0 Å². The number of nitrogens with one attached hydrogen (secondary N) is 1. The molecule has 0 aliphatic heterocycles. The van der Waals surface area contributed by atoms with Crippen molar-refractivity contribution in [3.63, 3.8) is 0 Å². The van der Waals surface area contributed by atoms with Crippen molar-refractivity contribution in [2.75, 3.05) is 6.26 Å². The first kappa shape index (κ1) is 10.4. The van der Waals surface area contributed by atoms with Crippen LogP contribution in [0.3, 0.4) is 0 Å². The molecule has 2 aromatic rings.